The highest BCUT2D eigenvalue weighted by Crippen LogP contribution is 2.35. The Morgan fingerprint density at radius 3 is 2.95 bits per heavy atom. The monoisotopic (exact) mass is 329 g/mol. The lowest BCUT2D eigenvalue weighted by Crippen LogP contribution is -2.48. The minimum absolute atomic E-state index is 0.327. The van der Waals surface area contributed by atoms with Gasteiger partial charge in [-0.2, -0.15) is 0 Å². The van der Waals surface area contributed by atoms with Crippen LogP contribution in [-0.2, 0) is 16.1 Å². The minimum atomic E-state index is -0.827. The number of carboxylic acids is 1. The Morgan fingerprint density at radius 1 is 1.55 bits per heavy atom. The van der Waals surface area contributed by atoms with Crippen molar-refractivity contribution in [2.24, 2.45) is 5.41 Å². The van der Waals surface area contributed by atoms with Crippen molar-refractivity contribution in [1.82, 2.24) is 4.90 Å². The molecule has 1 fully saturated rings. The van der Waals surface area contributed by atoms with E-state index in [1.807, 2.05) is 4.90 Å². The number of carbonyl (C=O) groups is 1. The van der Waals surface area contributed by atoms with Gasteiger partial charge in [-0.05, 0) is 37.9 Å². The number of hydrogen-bond acceptors (Lipinski definition) is 3. The molecule has 1 aliphatic heterocycles. The molecule has 0 aliphatic carbocycles. The van der Waals surface area contributed by atoms with Crippen molar-refractivity contribution in [3.8, 4) is 0 Å². The Balaban J connectivity index is 2.14. The summed E-state index contributed by atoms with van der Waals surface area (Å²) < 4.78 is 19.0. The summed E-state index contributed by atoms with van der Waals surface area (Å²) in [5, 5.41) is 10.0. The molecule has 22 heavy (non-hydrogen) atoms. The fourth-order valence-corrected chi connectivity index (χ4v) is 3.27. The van der Waals surface area contributed by atoms with Gasteiger partial charge in [0, 0.05) is 37.4 Å². The van der Waals surface area contributed by atoms with Crippen LogP contribution in [0.25, 0.3) is 0 Å². The second kappa shape index (κ2) is 7.40. The molecule has 1 heterocycles. The molecule has 2 rings (SSSR count). The Labute approximate surface area is 134 Å². The summed E-state index contributed by atoms with van der Waals surface area (Å²) in [5.74, 6) is -1.16. The molecule has 1 aromatic rings. The van der Waals surface area contributed by atoms with Crippen molar-refractivity contribution in [3.05, 3.63) is 34.6 Å². The molecule has 0 amide bonds. The SMILES string of the molecule is COCC[C@@]1(C(=O)O)CCCN(Cc2c(F)cccc2Cl)C1. The average molecular weight is 330 g/mol. The number of halogens is 2. The van der Waals surface area contributed by atoms with Gasteiger partial charge in [-0.15, -0.1) is 0 Å². The smallest absolute Gasteiger partial charge is 0.311 e. The largest absolute Gasteiger partial charge is 0.481 e. The number of aliphatic carboxylic acids is 1. The zero-order valence-electron chi connectivity index (χ0n) is 12.6. The Hall–Kier alpha value is -1.17. The molecule has 4 nitrogen and oxygen atoms in total. The third-order valence-electron chi connectivity index (χ3n) is 4.34. The first-order valence-electron chi connectivity index (χ1n) is 7.36. The first kappa shape index (κ1) is 17.2. The van der Waals surface area contributed by atoms with Gasteiger partial charge < -0.3 is 9.84 Å². The van der Waals surface area contributed by atoms with Crippen LogP contribution in [0.4, 0.5) is 4.39 Å². The molecule has 0 radical (unpaired) electrons. The summed E-state index contributed by atoms with van der Waals surface area (Å²) in [7, 11) is 1.56. The molecule has 1 saturated heterocycles. The summed E-state index contributed by atoms with van der Waals surface area (Å²) >= 11 is 6.06. The number of rotatable bonds is 6. The molecule has 0 bridgehead atoms. The zero-order chi connectivity index (χ0) is 16.2. The van der Waals surface area contributed by atoms with Gasteiger partial charge >= 0.3 is 5.97 Å². The number of carboxylic acid groups (broad SMARTS) is 1. The van der Waals surface area contributed by atoms with Crippen LogP contribution in [0.15, 0.2) is 18.2 Å². The predicted molar refractivity (Wildman–Crippen MR) is 82.5 cm³/mol. The highest BCUT2D eigenvalue weighted by Gasteiger charge is 2.42. The molecule has 122 valence electrons. The molecule has 1 atom stereocenters. The fourth-order valence-electron chi connectivity index (χ4n) is 3.05. The maximum atomic E-state index is 13.9. The van der Waals surface area contributed by atoms with Crippen molar-refractivity contribution in [3.63, 3.8) is 0 Å². The summed E-state index contributed by atoms with van der Waals surface area (Å²) in [4.78, 5) is 13.7. The van der Waals surface area contributed by atoms with Gasteiger partial charge in [-0.1, -0.05) is 17.7 Å². The lowest BCUT2D eigenvalue weighted by atomic mass is 9.77. The molecule has 1 aromatic carbocycles. The number of hydrogen-bond donors (Lipinski definition) is 1. The molecule has 6 heteroatoms. The van der Waals surface area contributed by atoms with E-state index in [0.29, 0.717) is 43.1 Å². The van der Waals surface area contributed by atoms with Crippen LogP contribution in [0.1, 0.15) is 24.8 Å². The molecule has 0 spiro atoms. The van der Waals surface area contributed by atoms with Gasteiger partial charge in [0.15, 0.2) is 0 Å². The molecule has 0 saturated carbocycles. The van der Waals surface area contributed by atoms with Gasteiger partial charge in [0.25, 0.3) is 0 Å². The van der Waals surface area contributed by atoms with Gasteiger partial charge in [-0.3, -0.25) is 9.69 Å². The van der Waals surface area contributed by atoms with Crippen LogP contribution in [0.5, 0.6) is 0 Å². The highest BCUT2D eigenvalue weighted by molar-refractivity contribution is 6.31. The predicted octanol–water partition coefficient (Wildman–Crippen LogP) is 3.18. The third kappa shape index (κ3) is 3.77. The number of likely N-dealkylation sites (tertiary alicyclic amines) is 1. The van der Waals surface area contributed by atoms with Crippen molar-refractivity contribution in [2.75, 3.05) is 26.8 Å². The van der Waals surface area contributed by atoms with Crippen LogP contribution in [0, 0.1) is 11.2 Å². The maximum absolute atomic E-state index is 13.9. The van der Waals surface area contributed by atoms with E-state index in [9.17, 15) is 14.3 Å². The van der Waals surface area contributed by atoms with Gasteiger partial charge in [0.2, 0.25) is 0 Å². The van der Waals surface area contributed by atoms with E-state index in [4.69, 9.17) is 16.3 Å². The van der Waals surface area contributed by atoms with E-state index in [0.717, 1.165) is 13.0 Å². The summed E-state index contributed by atoms with van der Waals surface area (Å²) in [6.45, 7) is 1.86. The Kier molecular flexibility index (Phi) is 5.78. The van der Waals surface area contributed by atoms with Crippen LogP contribution in [0.2, 0.25) is 5.02 Å². The number of piperidine rings is 1. The second-order valence-corrected chi connectivity index (χ2v) is 6.25. The van der Waals surface area contributed by atoms with Crippen molar-refractivity contribution < 1.29 is 19.0 Å². The quantitative estimate of drug-likeness (QED) is 0.871. The normalized spacial score (nSPS) is 22.7. The second-order valence-electron chi connectivity index (χ2n) is 5.84. The van der Waals surface area contributed by atoms with E-state index >= 15 is 0 Å². The van der Waals surface area contributed by atoms with E-state index in [2.05, 4.69) is 0 Å². The summed E-state index contributed by atoms with van der Waals surface area (Å²) in [6.07, 6.45) is 1.84. The number of nitrogens with zero attached hydrogens (tertiary/aromatic N) is 1. The zero-order valence-corrected chi connectivity index (χ0v) is 13.4. The number of methoxy groups -OCH3 is 1. The fraction of sp³-hybridized carbons (Fsp3) is 0.562. The van der Waals surface area contributed by atoms with E-state index in [-0.39, 0.29) is 5.82 Å². The van der Waals surface area contributed by atoms with E-state index in [1.54, 1.807) is 19.2 Å². The summed E-state index contributed by atoms with van der Waals surface area (Å²) in [6, 6.07) is 4.59. The molecule has 1 N–H and O–H groups in total. The Morgan fingerprint density at radius 2 is 2.32 bits per heavy atom. The van der Waals surface area contributed by atoms with Crippen molar-refractivity contribution in [2.45, 2.75) is 25.8 Å². The molecular weight excluding hydrogens is 309 g/mol. The van der Waals surface area contributed by atoms with Crippen LogP contribution < -0.4 is 0 Å². The number of ether oxygens (including phenoxy) is 1. The molecule has 0 unspecified atom stereocenters. The van der Waals surface area contributed by atoms with Crippen LogP contribution >= 0.6 is 11.6 Å². The minimum Gasteiger partial charge on any atom is -0.481 e. The third-order valence-corrected chi connectivity index (χ3v) is 4.69. The van der Waals surface area contributed by atoms with Crippen molar-refractivity contribution in [1.29, 1.82) is 0 Å². The van der Waals surface area contributed by atoms with Crippen molar-refractivity contribution >= 4 is 17.6 Å². The maximum Gasteiger partial charge on any atom is 0.311 e. The standard InChI is InChI=1S/C16H21ClFNO3/c1-22-9-7-16(15(20)21)6-3-8-19(11-16)10-12-13(17)4-2-5-14(12)18/h2,4-5H,3,6-11H2,1H3,(H,20,21)/t16-/m0/s1. The van der Waals surface area contributed by atoms with Crippen LogP contribution in [0.3, 0.4) is 0 Å². The summed E-state index contributed by atoms with van der Waals surface area (Å²) in [5.41, 5.74) is -0.400. The van der Waals surface area contributed by atoms with Gasteiger partial charge in [-0.25, -0.2) is 4.39 Å². The molecular formula is C16H21ClFNO3. The highest BCUT2D eigenvalue weighted by atomic mass is 35.5. The lowest BCUT2D eigenvalue weighted by molar-refractivity contribution is -0.154. The number of benzene rings is 1. The van der Waals surface area contributed by atoms with Gasteiger partial charge in [0.05, 0.1) is 5.41 Å². The molecule has 1 aliphatic rings. The Bertz CT molecular complexity index is 520. The van der Waals surface area contributed by atoms with Crippen LogP contribution in [-0.4, -0.2) is 42.8 Å². The topological polar surface area (TPSA) is 49.8 Å². The van der Waals surface area contributed by atoms with E-state index < -0.39 is 11.4 Å². The lowest BCUT2D eigenvalue weighted by Gasteiger charge is -2.40. The average Bonchev–Trinajstić information content (AvgIpc) is 2.49. The molecule has 0 aromatic heterocycles. The van der Waals surface area contributed by atoms with Gasteiger partial charge in [0.1, 0.15) is 5.82 Å². The first-order chi connectivity index (χ1) is 10.5. The first-order valence-corrected chi connectivity index (χ1v) is 7.74. The van der Waals surface area contributed by atoms with E-state index in [1.165, 1.54) is 6.07 Å².